The molecule has 27 heavy (non-hydrogen) atoms. The molecule has 0 radical (unpaired) electrons. The van der Waals surface area contributed by atoms with Gasteiger partial charge in [0.1, 0.15) is 18.1 Å². The van der Waals surface area contributed by atoms with Crippen molar-refractivity contribution in [1.82, 2.24) is 5.32 Å². The van der Waals surface area contributed by atoms with Gasteiger partial charge in [-0.3, -0.25) is 4.79 Å². The van der Waals surface area contributed by atoms with Gasteiger partial charge < -0.3 is 14.8 Å². The minimum absolute atomic E-state index is 0.0853. The van der Waals surface area contributed by atoms with E-state index in [-0.39, 0.29) is 5.91 Å². The molecule has 0 heterocycles. The van der Waals surface area contributed by atoms with Gasteiger partial charge in [-0.2, -0.15) is 0 Å². The zero-order valence-electron chi connectivity index (χ0n) is 15.4. The van der Waals surface area contributed by atoms with E-state index in [1.54, 1.807) is 0 Å². The van der Waals surface area contributed by atoms with Crippen LogP contribution >= 0.6 is 0 Å². The van der Waals surface area contributed by atoms with E-state index in [2.05, 4.69) is 5.32 Å². The molecule has 0 aliphatic rings. The Bertz CT molecular complexity index is 843. The summed E-state index contributed by atoms with van der Waals surface area (Å²) in [6, 6.07) is 24.8. The van der Waals surface area contributed by atoms with Crippen molar-refractivity contribution in [2.24, 2.45) is 0 Å². The molecule has 1 N–H and O–H groups in total. The molecule has 0 aliphatic heterocycles. The van der Waals surface area contributed by atoms with Crippen LogP contribution in [0.15, 0.2) is 78.9 Å². The topological polar surface area (TPSA) is 47.6 Å². The van der Waals surface area contributed by atoms with E-state index in [9.17, 15) is 4.79 Å². The first-order valence-corrected chi connectivity index (χ1v) is 9.01. The number of benzene rings is 3. The monoisotopic (exact) mass is 361 g/mol. The van der Waals surface area contributed by atoms with Gasteiger partial charge in [0.25, 0.3) is 5.91 Å². The SMILES string of the molecule is CCOc1ccc(OCc2ccc(C(=O)NCc3ccccc3)cc2)cc1. The predicted molar refractivity (Wildman–Crippen MR) is 106 cm³/mol. The van der Waals surface area contributed by atoms with Gasteiger partial charge in [-0.1, -0.05) is 42.5 Å². The van der Waals surface area contributed by atoms with Crippen LogP contribution in [-0.2, 0) is 13.2 Å². The summed E-state index contributed by atoms with van der Waals surface area (Å²) in [5, 5.41) is 2.93. The summed E-state index contributed by atoms with van der Waals surface area (Å²) in [6.07, 6.45) is 0. The van der Waals surface area contributed by atoms with Crippen LogP contribution in [0.1, 0.15) is 28.4 Å². The highest BCUT2D eigenvalue weighted by Gasteiger charge is 2.05. The van der Waals surface area contributed by atoms with Crippen molar-refractivity contribution in [3.63, 3.8) is 0 Å². The van der Waals surface area contributed by atoms with Crippen molar-refractivity contribution >= 4 is 5.91 Å². The van der Waals surface area contributed by atoms with Crippen molar-refractivity contribution < 1.29 is 14.3 Å². The van der Waals surface area contributed by atoms with Gasteiger partial charge in [-0.25, -0.2) is 0 Å². The minimum Gasteiger partial charge on any atom is -0.494 e. The average molecular weight is 361 g/mol. The predicted octanol–water partition coefficient (Wildman–Crippen LogP) is 4.59. The van der Waals surface area contributed by atoms with Crippen LogP contribution in [-0.4, -0.2) is 12.5 Å². The van der Waals surface area contributed by atoms with E-state index in [0.717, 1.165) is 22.6 Å². The summed E-state index contributed by atoms with van der Waals surface area (Å²) in [4.78, 5) is 12.2. The molecule has 0 saturated carbocycles. The molecule has 0 aliphatic carbocycles. The molecule has 0 spiro atoms. The Morgan fingerprint density at radius 1 is 0.778 bits per heavy atom. The molecule has 3 aromatic carbocycles. The van der Waals surface area contributed by atoms with E-state index in [4.69, 9.17) is 9.47 Å². The van der Waals surface area contributed by atoms with Crippen molar-refractivity contribution in [2.45, 2.75) is 20.1 Å². The smallest absolute Gasteiger partial charge is 0.251 e. The number of hydrogen-bond donors (Lipinski definition) is 1. The van der Waals surface area contributed by atoms with Crippen molar-refractivity contribution in [3.05, 3.63) is 95.6 Å². The van der Waals surface area contributed by atoms with Gasteiger partial charge in [-0.05, 0) is 54.4 Å². The lowest BCUT2D eigenvalue weighted by atomic mass is 10.1. The normalized spacial score (nSPS) is 10.3. The second-order valence-corrected chi connectivity index (χ2v) is 6.06. The molecule has 138 valence electrons. The zero-order chi connectivity index (χ0) is 18.9. The molecule has 1 amide bonds. The van der Waals surface area contributed by atoms with Crippen molar-refractivity contribution in [1.29, 1.82) is 0 Å². The molecule has 0 fully saturated rings. The highest BCUT2D eigenvalue weighted by molar-refractivity contribution is 5.94. The van der Waals surface area contributed by atoms with Crippen LogP contribution in [0.5, 0.6) is 11.5 Å². The fourth-order valence-electron chi connectivity index (χ4n) is 2.60. The summed E-state index contributed by atoms with van der Waals surface area (Å²) < 4.78 is 11.2. The maximum Gasteiger partial charge on any atom is 0.251 e. The molecular formula is C23H23NO3. The van der Waals surface area contributed by atoms with Gasteiger partial charge in [0.05, 0.1) is 6.61 Å². The standard InChI is InChI=1S/C23H23NO3/c1-2-26-21-12-14-22(15-13-21)27-17-19-8-10-20(11-9-19)23(25)24-16-18-6-4-3-5-7-18/h3-15H,2,16-17H2,1H3,(H,24,25). The summed E-state index contributed by atoms with van der Waals surface area (Å²) in [5.74, 6) is 1.52. The summed E-state index contributed by atoms with van der Waals surface area (Å²) in [6.45, 7) is 3.56. The molecule has 3 aromatic rings. The van der Waals surface area contributed by atoms with Crippen molar-refractivity contribution in [2.75, 3.05) is 6.61 Å². The van der Waals surface area contributed by atoms with Gasteiger partial charge in [0.2, 0.25) is 0 Å². The number of nitrogens with one attached hydrogen (secondary N) is 1. The van der Waals surface area contributed by atoms with E-state index in [1.165, 1.54) is 0 Å². The molecule has 0 atom stereocenters. The van der Waals surface area contributed by atoms with Crippen LogP contribution in [0.4, 0.5) is 0 Å². The molecule has 0 aromatic heterocycles. The Labute approximate surface area is 159 Å². The Hall–Kier alpha value is -3.27. The fraction of sp³-hybridized carbons (Fsp3) is 0.174. The number of carbonyl (C=O) groups is 1. The Kier molecular flexibility index (Phi) is 6.47. The Balaban J connectivity index is 1.50. The molecule has 3 rings (SSSR count). The highest BCUT2D eigenvalue weighted by Crippen LogP contribution is 2.18. The maximum atomic E-state index is 12.2. The Morgan fingerprint density at radius 2 is 1.41 bits per heavy atom. The second-order valence-electron chi connectivity index (χ2n) is 6.06. The quantitative estimate of drug-likeness (QED) is 0.638. The van der Waals surface area contributed by atoms with E-state index < -0.39 is 0 Å². The lowest BCUT2D eigenvalue weighted by Crippen LogP contribution is -2.22. The lowest BCUT2D eigenvalue weighted by molar-refractivity contribution is 0.0951. The minimum atomic E-state index is -0.0853. The molecule has 0 saturated heterocycles. The fourth-order valence-corrected chi connectivity index (χ4v) is 2.60. The van der Waals surface area contributed by atoms with Crippen LogP contribution in [0.25, 0.3) is 0 Å². The maximum absolute atomic E-state index is 12.2. The van der Waals surface area contributed by atoms with Gasteiger partial charge in [0.15, 0.2) is 0 Å². The van der Waals surface area contributed by atoms with E-state index >= 15 is 0 Å². The van der Waals surface area contributed by atoms with Gasteiger partial charge in [-0.15, -0.1) is 0 Å². The van der Waals surface area contributed by atoms with Crippen LogP contribution in [0, 0.1) is 0 Å². The first kappa shape index (κ1) is 18.5. The number of carbonyl (C=O) groups excluding carboxylic acids is 1. The van der Waals surface area contributed by atoms with Gasteiger partial charge >= 0.3 is 0 Å². The van der Waals surface area contributed by atoms with Gasteiger partial charge in [0, 0.05) is 12.1 Å². The summed E-state index contributed by atoms with van der Waals surface area (Å²) in [7, 11) is 0. The van der Waals surface area contributed by atoms with Crippen LogP contribution in [0.3, 0.4) is 0 Å². The van der Waals surface area contributed by atoms with E-state index in [0.29, 0.717) is 25.3 Å². The number of amides is 1. The summed E-state index contributed by atoms with van der Waals surface area (Å²) in [5.41, 5.74) is 2.71. The zero-order valence-corrected chi connectivity index (χ0v) is 15.4. The van der Waals surface area contributed by atoms with E-state index in [1.807, 2.05) is 85.8 Å². The van der Waals surface area contributed by atoms with Crippen LogP contribution in [0.2, 0.25) is 0 Å². The third-order valence-electron chi connectivity index (χ3n) is 4.05. The molecular weight excluding hydrogens is 338 g/mol. The Morgan fingerprint density at radius 3 is 2.04 bits per heavy atom. The number of rotatable bonds is 8. The summed E-state index contributed by atoms with van der Waals surface area (Å²) >= 11 is 0. The van der Waals surface area contributed by atoms with Crippen LogP contribution < -0.4 is 14.8 Å². The molecule has 0 unspecified atom stereocenters. The third-order valence-corrected chi connectivity index (χ3v) is 4.05. The third kappa shape index (κ3) is 5.61. The average Bonchev–Trinajstić information content (AvgIpc) is 2.73. The largest absolute Gasteiger partial charge is 0.494 e. The first-order valence-electron chi connectivity index (χ1n) is 9.01. The first-order chi connectivity index (χ1) is 13.2. The molecule has 4 heteroatoms. The molecule has 0 bridgehead atoms. The van der Waals surface area contributed by atoms with Crippen molar-refractivity contribution in [3.8, 4) is 11.5 Å². The number of hydrogen-bond acceptors (Lipinski definition) is 3. The lowest BCUT2D eigenvalue weighted by Gasteiger charge is -2.09. The highest BCUT2D eigenvalue weighted by atomic mass is 16.5. The second kappa shape index (κ2) is 9.43. The molecule has 4 nitrogen and oxygen atoms in total. The number of ether oxygens (including phenoxy) is 2.